The van der Waals surface area contributed by atoms with Gasteiger partial charge in [-0.05, 0) is 69.2 Å². The van der Waals surface area contributed by atoms with Gasteiger partial charge in [-0.25, -0.2) is 4.79 Å². The van der Waals surface area contributed by atoms with E-state index in [1.54, 1.807) is 42.5 Å². The highest BCUT2D eigenvalue weighted by molar-refractivity contribution is 6.06. The van der Waals surface area contributed by atoms with Crippen LogP contribution in [0.5, 0.6) is 0 Å². The molecule has 160 valence electrons. The maximum Gasteiger partial charge on any atom is 0.338 e. The second-order valence-electron chi connectivity index (χ2n) is 7.74. The van der Waals surface area contributed by atoms with Crippen molar-refractivity contribution in [1.82, 2.24) is 0 Å². The van der Waals surface area contributed by atoms with Crippen LogP contribution in [-0.4, -0.2) is 42.3 Å². The minimum atomic E-state index is -1.03. The second kappa shape index (κ2) is 8.22. The van der Waals surface area contributed by atoms with E-state index in [0.717, 1.165) is 25.1 Å². The summed E-state index contributed by atoms with van der Waals surface area (Å²) < 4.78 is 5.31. The molecule has 2 N–H and O–H groups in total. The van der Waals surface area contributed by atoms with Crippen LogP contribution in [0.15, 0.2) is 42.5 Å². The molecule has 2 aliphatic heterocycles. The Kier molecular flexibility index (Phi) is 5.46. The van der Waals surface area contributed by atoms with E-state index >= 15 is 0 Å². The van der Waals surface area contributed by atoms with Gasteiger partial charge in [0.1, 0.15) is 6.04 Å². The molecule has 8 nitrogen and oxygen atoms in total. The summed E-state index contributed by atoms with van der Waals surface area (Å²) in [6.07, 6.45) is 0.735. The largest absolute Gasteiger partial charge is 0.449 e. The summed E-state index contributed by atoms with van der Waals surface area (Å²) >= 11 is 0. The minimum Gasteiger partial charge on any atom is -0.449 e. The molecule has 2 atom stereocenters. The second-order valence-corrected chi connectivity index (χ2v) is 7.74. The highest BCUT2D eigenvalue weighted by Gasteiger charge is 2.36. The van der Waals surface area contributed by atoms with Crippen LogP contribution in [0.1, 0.15) is 47.4 Å². The Balaban J connectivity index is 1.41. The number of carbonyl (C=O) groups excluding carboxylic acids is 4. The molecular weight excluding hydrogens is 398 g/mol. The molecule has 2 amide bonds. The van der Waals surface area contributed by atoms with Crippen LogP contribution in [0.2, 0.25) is 0 Å². The van der Waals surface area contributed by atoms with Crippen LogP contribution in [-0.2, 0) is 14.3 Å². The van der Waals surface area contributed by atoms with Gasteiger partial charge in [0.2, 0.25) is 5.91 Å². The number of benzene rings is 2. The molecule has 0 spiro atoms. The van der Waals surface area contributed by atoms with Gasteiger partial charge in [0, 0.05) is 17.8 Å². The fraction of sp³-hybridized carbons (Fsp3) is 0.304. The lowest BCUT2D eigenvalue weighted by molar-refractivity contribution is -0.123. The summed E-state index contributed by atoms with van der Waals surface area (Å²) in [5, 5.41) is 5.51. The molecular formula is C23H23N3O5. The van der Waals surface area contributed by atoms with Crippen molar-refractivity contribution < 1.29 is 23.9 Å². The van der Waals surface area contributed by atoms with Gasteiger partial charge < -0.3 is 20.3 Å². The lowest BCUT2D eigenvalue weighted by atomic mass is 10.1. The van der Waals surface area contributed by atoms with Gasteiger partial charge in [0.25, 0.3) is 5.91 Å². The Morgan fingerprint density at radius 3 is 2.55 bits per heavy atom. The van der Waals surface area contributed by atoms with E-state index in [1.807, 2.05) is 0 Å². The lowest BCUT2D eigenvalue weighted by Gasteiger charge is -2.33. The monoisotopic (exact) mass is 421 g/mol. The number of nitrogens with one attached hydrogen (secondary N) is 2. The lowest BCUT2D eigenvalue weighted by Crippen LogP contribution is -2.43. The molecule has 2 heterocycles. The average molecular weight is 421 g/mol. The van der Waals surface area contributed by atoms with Crippen LogP contribution in [0.3, 0.4) is 0 Å². The van der Waals surface area contributed by atoms with E-state index in [2.05, 4.69) is 15.5 Å². The molecule has 31 heavy (non-hydrogen) atoms. The number of esters is 1. The Morgan fingerprint density at radius 1 is 1.13 bits per heavy atom. The molecule has 2 aromatic rings. The molecule has 8 heteroatoms. The van der Waals surface area contributed by atoms with Gasteiger partial charge in [0.15, 0.2) is 11.9 Å². The van der Waals surface area contributed by atoms with E-state index in [4.69, 9.17) is 4.74 Å². The third kappa shape index (κ3) is 4.14. The number of rotatable bonds is 5. The van der Waals surface area contributed by atoms with Crippen molar-refractivity contribution in [1.29, 1.82) is 0 Å². The number of anilines is 3. The van der Waals surface area contributed by atoms with Crippen LogP contribution in [0.25, 0.3) is 0 Å². The van der Waals surface area contributed by atoms with Gasteiger partial charge in [-0.3, -0.25) is 14.4 Å². The third-order valence-electron chi connectivity index (χ3n) is 5.57. The smallest absolute Gasteiger partial charge is 0.338 e. The number of nitrogens with zero attached hydrogens (tertiary/aromatic N) is 1. The van der Waals surface area contributed by atoms with Gasteiger partial charge in [-0.2, -0.15) is 0 Å². The highest BCUT2D eigenvalue weighted by Crippen LogP contribution is 2.37. The Hall–Kier alpha value is -3.68. The van der Waals surface area contributed by atoms with E-state index in [-0.39, 0.29) is 23.3 Å². The first-order valence-corrected chi connectivity index (χ1v) is 10.2. The van der Waals surface area contributed by atoms with Gasteiger partial charge in [-0.1, -0.05) is 0 Å². The molecule has 2 aromatic carbocycles. The molecule has 1 saturated heterocycles. The number of hydrogen-bond donors (Lipinski definition) is 2. The van der Waals surface area contributed by atoms with E-state index < -0.39 is 18.0 Å². The molecule has 0 aromatic heterocycles. The first-order valence-electron chi connectivity index (χ1n) is 10.2. The maximum absolute atomic E-state index is 12.6. The Labute approximate surface area is 179 Å². The number of carbonyl (C=O) groups is 4. The first-order chi connectivity index (χ1) is 14.8. The molecule has 0 saturated carbocycles. The van der Waals surface area contributed by atoms with Crippen molar-refractivity contribution in [2.24, 2.45) is 0 Å². The zero-order valence-electron chi connectivity index (χ0n) is 17.3. The van der Waals surface area contributed by atoms with Crippen molar-refractivity contribution in [3.05, 3.63) is 53.6 Å². The van der Waals surface area contributed by atoms with Crippen molar-refractivity contribution in [3.8, 4) is 0 Å². The molecule has 0 unspecified atom stereocenters. The maximum atomic E-state index is 12.6. The Morgan fingerprint density at radius 2 is 1.84 bits per heavy atom. The van der Waals surface area contributed by atoms with Crippen LogP contribution in [0.4, 0.5) is 17.1 Å². The standard InChI is InChI=1S/C23H23N3O5/c1-13(27)15-5-8-17(9-6-15)24-21(28)14(2)31-23(30)16-7-10-19-18(12-16)25-22(29)20-4-3-11-26(19)20/h5-10,12,14,20H,3-4,11H2,1-2H3,(H,24,28)(H,25,29)/t14-,20+/m1/s1. The number of hydrogen-bond acceptors (Lipinski definition) is 6. The molecule has 2 aliphatic rings. The summed E-state index contributed by atoms with van der Waals surface area (Å²) in [7, 11) is 0. The summed E-state index contributed by atoms with van der Waals surface area (Å²) in [6.45, 7) is 3.75. The topological polar surface area (TPSA) is 105 Å². The van der Waals surface area contributed by atoms with Crippen LogP contribution >= 0.6 is 0 Å². The van der Waals surface area contributed by atoms with Crippen LogP contribution < -0.4 is 15.5 Å². The third-order valence-corrected chi connectivity index (χ3v) is 5.57. The van der Waals surface area contributed by atoms with Crippen molar-refractivity contribution >= 4 is 40.6 Å². The van der Waals surface area contributed by atoms with Crippen molar-refractivity contribution in [2.45, 2.75) is 38.8 Å². The van der Waals surface area contributed by atoms with Gasteiger partial charge >= 0.3 is 5.97 Å². The van der Waals surface area contributed by atoms with Crippen molar-refractivity contribution in [3.63, 3.8) is 0 Å². The normalized spacial score (nSPS) is 17.8. The molecule has 0 aliphatic carbocycles. The molecule has 0 radical (unpaired) electrons. The number of fused-ring (bicyclic) bond motifs is 3. The zero-order chi connectivity index (χ0) is 22.1. The SMILES string of the molecule is CC(=O)c1ccc(NC(=O)[C@@H](C)OC(=O)c2ccc3c(c2)NC(=O)[C@@H]2CCCN32)cc1. The summed E-state index contributed by atoms with van der Waals surface area (Å²) in [6, 6.07) is 11.3. The summed E-state index contributed by atoms with van der Waals surface area (Å²) in [4.78, 5) is 50.6. The number of Topliss-reactive ketones (excluding diaryl/α,β-unsaturated/α-hetero) is 1. The fourth-order valence-electron chi connectivity index (χ4n) is 3.87. The predicted octanol–water partition coefficient (Wildman–Crippen LogP) is 2.99. The van der Waals surface area contributed by atoms with Gasteiger partial charge in [-0.15, -0.1) is 0 Å². The molecule has 1 fully saturated rings. The predicted molar refractivity (Wildman–Crippen MR) is 115 cm³/mol. The van der Waals surface area contributed by atoms with E-state index in [9.17, 15) is 19.2 Å². The minimum absolute atomic E-state index is 0.0679. The van der Waals surface area contributed by atoms with Crippen molar-refractivity contribution in [2.75, 3.05) is 22.1 Å². The fourth-order valence-corrected chi connectivity index (χ4v) is 3.87. The highest BCUT2D eigenvalue weighted by atomic mass is 16.5. The number of ketones is 1. The molecule has 4 rings (SSSR count). The van der Waals surface area contributed by atoms with E-state index in [0.29, 0.717) is 16.9 Å². The number of amides is 2. The summed E-state index contributed by atoms with van der Waals surface area (Å²) in [5.41, 5.74) is 2.74. The Bertz CT molecular complexity index is 1060. The number of ether oxygens (including phenoxy) is 1. The van der Waals surface area contributed by atoms with Crippen LogP contribution in [0, 0.1) is 0 Å². The first kappa shape index (κ1) is 20.6. The summed E-state index contributed by atoms with van der Waals surface area (Å²) in [5.74, 6) is -1.29. The van der Waals surface area contributed by atoms with Gasteiger partial charge in [0.05, 0.1) is 16.9 Å². The van der Waals surface area contributed by atoms with E-state index in [1.165, 1.54) is 13.8 Å². The quantitative estimate of drug-likeness (QED) is 0.568. The molecule has 0 bridgehead atoms. The zero-order valence-corrected chi connectivity index (χ0v) is 17.3. The average Bonchev–Trinajstić information content (AvgIpc) is 3.24.